The summed E-state index contributed by atoms with van der Waals surface area (Å²) >= 11 is 0. The average molecular weight is 335 g/mol. The molecule has 0 amide bonds. The van der Waals surface area contributed by atoms with Crippen molar-refractivity contribution in [2.24, 2.45) is 5.16 Å². The normalized spacial score (nSPS) is 13.0. The fourth-order valence-electron chi connectivity index (χ4n) is 2.14. The number of alkyl halides is 3. The van der Waals surface area contributed by atoms with Crippen LogP contribution in [0.15, 0.2) is 59.8 Å². The van der Waals surface area contributed by atoms with Crippen molar-refractivity contribution in [2.45, 2.75) is 25.6 Å². The Hall–Kier alpha value is -2.63. The molecule has 0 radical (unpaired) electrons. The summed E-state index contributed by atoms with van der Waals surface area (Å²) in [6.07, 6.45) is -3.04. The third-order valence-corrected chi connectivity index (χ3v) is 3.37. The molecule has 24 heavy (non-hydrogen) atoms. The largest absolute Gasteiger partial charge is 0.416 e. The van der Waals surface area contributed by atoms with Crippen molar-refractivity contribution in [3.63, 3.8) is 0 Å². The molecule has 0 N–H and O–H groups in total. The van der Waals surface area contributed by atoms with Crippen molar-refractivity contribution in [2.75, 3.05) is 0 Å². The fourth-order valence-corrected chi connectivity index (χ4v) is 2.14. The molecule has 126 valence electrons. The molecule has 0 aliphatic carbocycles. The quantitative estimate of drug-likeness (QED) is 0.572. The predicted molar refractivity (Wildman–Crippen MR) is 84.6 cm³/mol. The number of halogens is 3. The number of carbonyl (C=O) groups is 1. The molecule has 2 rings (SSSR count). The van der Waals surface area contributed by atoms with E-state index in [1.165, 1.54) is 25.3 Å². The molecule has 0 aliphatic rings. The Balaban J connectivity index is 2.00. The van der Waals surface area contributed by atoms with Crippen LogP contribution in [0.5, 0.6) is 0 Å². The highest BCUT2D eigenvalue weighted by Crippen LogP contribution is 2.29. The molecular weight excluding hydrogens is 319 g/mol. The average Bonchev–Trinajstić information content (AvgIpc) is 2.55. The Labute approximate surface area is 137 Å². The third-order valence-electron chi connectivity index (χ3n) is 3.37. The number of Topliss-reactive ketones (excluding diaryl/α,β-unsaturated/α-hetero) is 1. The summed E-state index contributed by atoms with van der Waals surface area (Å²) in [5.74, 6) is -0.652. The van der Waals surface area contributed by atoms with E-state index in [1.54, 1.807) is 12.1 Å². The van der Waals surface area contributed by atoms with Gasteiger partial charge in [-0.25, -0.2) is 0 Å². The summed E-state index contributed by atoms with van der Waals surface area (Å²) in [6, 6.07) is 13.9. The lowest BCUT2D eigenvalue weighted by Gasteiger charge is -2.09. The maximum Gasteiger partial charge on any atom is 0.416 e. The van der Waals surface area contributed by atoms with Crippen molar-refractivity contribution in [1.29, 1.82) is 0 Å². The summed E-state index contributed by atoms with van der Waals surface area (Å²) < 4.78 is 37.9. The minimum atomic E-state index is -4.40. The van der Waals surface area contributed by atoms with Gasteiger partial charge in [0, 0.05) is 0 Å². The van der Waals surface area contributed by atoms with Gasteiger partial charge in [-0.05, 0) is 30.2 Å². The first-order chi connectivity index (χ1) is 11.4. The van der Waals surface area contributed by atoms with Gasteiger partial charge in [-0.3, -0.25) is 4.79 Å². The van der Waals surface area contributed by atoms with E-state index in [1.807, 2.05) is 18.2 Å². The van der Waals surface area contributed by atoms with Crippen molar-refractivity contribution in [3.8, 4) is 0 Å². The first-order valence-corrected chi connectivity index (χ1v) is 7.25. The molecule has 0 fully saturated rings. The summed E-state index contributed by atoms with van der Waals surface area (Å²) in [5.41, 5.74) is 0.385. The molecular formula is C18H16F3NO2. The van der Waals surface area contributed by atoms with Crippen LogP contribution in [0.2, 0.25) is 0 Å². The molecule has 2 aromatic carbocycles. The number of hydrogen-bond acceptors (Lipinski definition) is 3. The van der Waals surface area contributed by atoms with Crippen molar-refractivity contribution < 1.29 is 22.8 Å². The molecule has 0 saturated carbocycles. The smallest absolute Gasteiger partial charge is 0.391 e. The Kier molecular flexibility index (Phi) is 5.73. The molecule has 2 aromatic rings. The second-order valence-electron chi connectivity index (χ2n) is 5.23. The van der Waals surface area contributed by atoms with Crippen molar-refractivity contribution in [1.82, 2.24) is 0 Å². The lowest BCUT2D eigenvalue weighted by Crippen LogP contribution is -2.10. The summed E-state index contributed by atoms with van der Waals surface area (Å²) in [5, 5.41) is 3.73. The maximum absolute atomic E-state index is 12.6. The summed E-state index contributed by atoms with van der Waals surface area (Å²) in [6.45, 7) is 1.33. The zero-order chi connectivity index (χ0) is 17.6. The standard InChI is InChI=1S/C18H16F3NO2/c1-13(23)17(15-7-3-2-4-8-15)11-22-24-12-14-6-5-9-16(10-14)18(19,20)21/h2-11,17H,12H2,1H3/b22-11-/t17-/m1/s1. The van der Waals surface area contributed by atoms with E-state index >= 15 is 0 Å². The lowest BCUT2D eigenvalue weighted by atomic mass is 9.97. The number of benzene rings is 2. The molecule has 6 heteroatoms. The van der Waals surface area contributed by atoms with E-state index in [0.717, 1.165) is 17.7 Å². The zero-order valence-electron chi connectivity index (χ0n) is 13.0. The zero-order valence-corrected chi connectivity index (χ0v) is 13.0. The van der Waals surface area contributed by atoms with Crippen LogP contribution in [-0.4, -0.2) is 12.0 Å². The van der Waals surface area contributed by atoms with Crippen LogP contribution in [0.4, 0.5) is 13.2 Å². The minimum Gasteiger partial charge on any atom is -0.391 e. The first-order valence-electron chi connectivity index (χ1n) is 7.25. The number of nitrogens with zero attached hydrogens (tertiary/aromatic N) is 1. The second-order valence-corrected chi connectivity index (χ2v) is 5.23. The van der Waals surface area contributed by atoms with Gasteiger partial charge in [0.05, 0.1) is 17.7 Å². The molecule has 0 bridgehead atoms. The highest BCUT2D eigenvalue weighted by atomic mass is 19.4. The molecule has 3 nitrogen and oxygen atoms in total. The van der Waals surface area contributed by atoms with Gasteiger partial charge < -0.3 is 4.84 Å². The van der Waals surface area contributed by atoms with Gasteiger partial charge in [-0.1, -0.05) is 47.6 Å². The Bertz CT molecular complexity index is 712. The van der Waals surface area contributed by atoms with Gasteiger partial charge >= 0.3 is 6.18 Å². The van der Waals surface area contributed by atoms with Gasteiger partial charge in [0.1, 0.15) is 12.4 Å². The lowest BCUT2D eigenvalue weighted by molar-refractivity contribution is -0.137. The number of rotatable bonds is 6. The summed E-state index contributed by atoms with van der Waals surface area (Å²) in [4.78, 5) is 16.7. The second kappa shape index (κ2) is 7.77. The highest BCUT2D eigenvalue weighted by molar-refractivity contribution is 5.98. The van der Waals surface area contributed by atoms with Gasteiger partial charge in [-0.15, -0.1) is 0 Å². The van der Waals surface area contributed by atoms with Gasteiger partial charge in [0.25, 0.3) is 0 Å². The van der Waals surface area contributed by atoms with Crippen LogP contribution in [-0.2, 0) is 22.4 Å². The van der Waals surface area contributed by atoms with E-state index in [0.29, 0.717) is 5.56 Å². The fraction of sp³-hybridized carbons (Fsp3) is 0.222. The molecule has 0 aliphatic heterocycles. The Morgan fingerprint density at radius 2 is 1.88 bits per heavy atom. The molecule has 0 aromatic heterocycles. The van der Waals surface area contributed by atoms with Gasteiger partial charge in [0.15, 0.2) is 0 Å². The Morgan fingerprint density at radius 3 is 2.50 bits per heavy atom. The molecule has 0 unspecified atom stereocenters. The van der Waals surface area contributed by atoms with Gasteiger partial charge in [-0.2, -0.15) is 13.2 Å². The van der Waals surface area contributed by atoms with Crippen LogP contribution >= 0.6 is 0 Å². The number of hydrogen-bond donors (Lipinski definition) is 0. The topological polar surface area (TPSA) is 38.7 Å². The monoisotopic (exact) mass is 335 g/mol. The first kappa shape index (κ1) is 17.7. The van der Waals surface area contributed by atoms with E-state index < -0.39 is 17.7 Å². The minimum absolute atomic E-state index is 0.104. The molecule has 0 saturated heterocycles. The van der Waals surface area contributed by atoms with Crippen LogP contribution in [0.25, 0.3) is 0 Å². The molecule has 0 heterocycles. The molecule has 1 atom stereocenters. The SMILES string of the molecule is CC(=O)[C@@H](/C=N\OCc1cccc(C(F)(F)F)c1)c1ccccc1. The van der Waals surface area contributed by atoms with Crippen LogP contribution in [0, 0.1) is 0 Å². The van der Waals surface area contributed by atoms with E-state index in [4.69, 9.17) is 4.84 Å². The maximum atomic E-state index is 12.6. The number of oxime groups is 1. The van der Waals surface area contributed by atoms with E-state index in [-0.39, 0.29) is 12.4 Å². The molecule has 0 spiro atoms. The van der Waals surface area contributed by atoms with Gasteiger partial charge in [0.2, 0.25) is 0 Å². The Morgan fingerprint density at radius 1 is 1.17 bits per heavy atom. The van der Waals surface area contributed by atoms with Crippen molar-refractivity contribution in [3.05, 3.63) is 71.3 Å². The summed E-state index contributed by atoms with van der Waals surface area (Å²) in [7, 11) is 0. The van der Waals surface area contributed by atoms with E-state index in [2.05, 4.69) is 5.16 Å². The predicted octanol–water partition coefficient (Wildman–Crippen LogP) is 4.58. The van der Waals surface area contributed by atoms with Crippen LogP contribution in [0.3, 0.4) is 0 Å². The highest BCUT2D eigenvalue weighted by Gasteiger charge is 2.30. The third kappa shape index (κ3) is 4.94. The number of carbonyl (C=O) groups excluding carboxylic acids is 1. The number of ketones is 1. The van der Waals surface area contributed by atoms with E-state index in [9.17, 15) is 18.0 Å². The van der Waals surface area contributed by atoms with Crippen molar-refractivity contribution >= 4 is 12.0 Å². The van der Waals surface area contributed by atoms with Crippen LogP contribution < -0.4 is 0 Å². The van der Waals surface area contributed by atoms with Crippen LogP contribution in [0.1, 0.15) is 29.5 Å².